The topological polar surface area (TPSA) is 36.9 Å². The first kappa shape index (κ1) is 18.2. The molecule has 24 heavy (non-hydrogen) atoms. The Morgan fingerprint density at radius 1 is 1.17 bits per heavy atom. The number of ether oxygens (including phenoxy) is 2. The number of hydrogen-bond acceptors (Lipinski definition) is 4. The normalized spacial score (nSPS) is 25.9. The second-order valence-corrected chi connectivity index (χ2v) is 7.95. The number of rotatable bonds is 4. The van der Waals surface area contributed by atoms with Crippen LogP contribution in [0.3, 0.4) is 0 Å². The molecular weight excluding hydrogens is 326 g/mol. The van der Waals surface area contributed by atoms with Gasteiger partial charge in [-0.2, -0.15) is 0 Å². The molecule has 3 rings (SSSR count). The molecule has 0 spiro atoms. The van der Waals surface area contributed by atoms with Crippen LogP contribution in [0.25, 0.3) is 0 Å². The molecule has 0 bridgehead atoms. The molecule has 0 radical (unpaired) electrons. The van der Waals surface area contributed by atoms with Crippen LogP contribution in [0.1, 0.15) is 52.5 Å². The van der Waals surface area contributed by atoms with Crippen molar-refractivity contribution in [2.45, 2.75) is 71.1 Å². The Morgan fingerprint density at radius 2 is 1.88 bits per heavy atom. The van der Waals surface area contributed by atoms with Crippen LogP contribution < -0.4 is 5.46 Å². The molecule has 0 N–H and O–H groups in total. The fourth-order valence-corrected chi connectivity index (χ4v) is 3.08. The predicted octanol–water partition coefficient (Wildman–Crippen LogP) is 3.68. The van der Waals surface area contributed by atoms with E-state index >= 15 is 0 Å². The Kier molecular flexibility index (Phi) is 5.29. The van der Waals surface area contributed by atoms with E-state index in [9.17, 15) is 0 Å². The third-order valence-electron chi connectivity index (χ3n) is 5.17. The highest BCUT2D eigenvalue weighted by molar-refractivity contribution is 6.62. The standard InChI is InChI=1S/C18H26BClO4/c1-17(2)18(3,4)24-19(23-17)14-9-8-13(15(20)11-14)12-22-16-7-5-6-10-21-16/h8-9,11,16H,5-7,10,12H2,1-4H3. The predicted molar refractivity (Wildman–Crippen MR) is 95.5 cm³/mol. The van der Waals surface area contributed by atoms with Gasteiger partial charge >= 0.3 is 7.12 Å². The van der Waals surface area contributed by atoms with Crippen molar-refractivity contribution in [2.75, 3.05) is 6.61 Å². The van der Waals surface area contributed by atoms with Crippen LogP contribution in [-0.2, 0) is 25.4 Å². The number of halogens is 1. The van der Waals surface area contributed by atoms with Gasteiger partial charge in [-0.1, -0.05) is 23.7 Å². The first-order valence-electron chi connectivity index (χ1n) is 8.66. The maximum absolute atomic E-state index is 6.44. The van der Waals surface area contributed by atoms with Gasteiger partial charge in [0.1, 0.15) is 0 Å². The minimum absolute atomic E-state index is 0.113. The molecule has 0 amide bonds. The van der Waals surface area contributed by atoms with E-state index in [1.54, 1.807) is 0 Å². The lowest BCUT2D eigenvalue weighted by Gasteiger charge is -2.32. The summed E-state index contributed by atoms with van der Waals surface area (Å²) in [7, 11) is -0.399. The second kappa shape index (κ2) is 6.97. The molecule has 132 valence electrons. The summed E-state index contributed by atoms with van der Waals surface area (Å²) in [6, 6.07) is 5.88. The maximum Gasteiger partial charge on any atom is 0.494 e. The quantitative estimate of drug-likeness (QED) is 0.775. The van der Waals surface area contributed by atoms with Crippen LogP contribution in [0, 0.1) is 0 Å². The van der Waals surface area contributed by atoms with E-state index < -0.39 is 7.12 Å². The molecule has 1 aromatic rings. The Bertz CT molecular complexity index is 568. The van der Waals surface area contributed by atoms with Gasteiger partial charge in [0.2, 0.25) is 0 Å². The molecule has 0 saturated carbocycles. The van der Waals surface area contributed by atoms with E-state index in [1.165, 1.54) is 0 Å². The van der Waals surface area contributed by atoms with Gasteiger partial charge in [0.25, 0.3) is 0 Å². The highest BCUT2D eigenvalue weighted by atomic mass is 35.5. The molecule has 6 heteroatoms. The number of hydrogen-bond donors (Lipinski definition) is 0. The van der Waals surface area contributed by atoms with Crippen LogP contribution in [-0.4, -0.2) is 31.2 Å². The average molecular weight is 353 g/mol. The van der Waals surface area contributed by atoms with Gasteiger partial charge in [-0.05, 0) is 64.1 Å². The van der Waals surface area contributed by atoms with Gasteiger partial charge in [0.15, 0.2) is 6.29 Å². The molecular formula is C18H26BClO4. The van der Waals surface area contributed by atoms with Crippen molar-refractivity contribution in [1.82, 2.24) is 0 Å². The Labute approximate surface area is 149 Å². The van der Waals surface area contributed by atoms with Gasteiger partial charge in [0.05, 0.1) is 17.8 Å². The second-order valence-electron chi connectivity index (χ2n) is 7.55. The summed E-state index contributed by atoms with van der Waals surface area (Å²) in [6.07, 6.45) is 3.10. The first-order chi connectivity index (χ1) is 11.3. The number of benzene rings is 1. The van der Waals surface area contributed by atoms with Crippen LogP contribution in [0.2, 0.25) is 5.02 Å². The van der Waals surface area contributed by atoms with E-state index in [-0.39, 0.29) is 17.5 Å². The minimum Gasteiger partial charge on any atom is -0.399 e. The summed E-state index contributed by atoms with van der Waals surface area (Å²) < 4.78 is 23.5. The Morgan fingerprint density at radius 3 is 2.46 bits per heavy atom. The van der Waals surface area contributed by atoms with E-state index in [0.29, 0.717) is 11.6 Å². The van der Waals surface area contributed by atoms with E-state index in [2.05, 4.69) is 0 Å². The summed E-state index contributed by atoms with van der Waals surface area (Å²) in [5.41, 5.74) is 1.16. The summed E-state index contributed by atoms with van der Waals surface area (Å²) in [5.74, 6) is 0. The molecule has 1 unspecified atom stereocenters. The first-order valence-corrected chi connectivity index (χ1v) is 9.03. The zero-order valence-corrected chi connectivity index (χ0v) is 15.7. The highest BCUT2D eigenvalue weighted by Gasteiger charge is 2.51. The lowest BCUT2D eigenvalue weighted by molar-refractivity contribution is -0.168. The summed E-state index contributed by atoms with van der Waals surface area (Å²) in [4.78, 5) is 0. The molecule has 2 aliphatic rings. The average Bonchev–Trinajstić information content (AvgIpc) is 2.75. The Balaban J connectivity index is 1.64. The van der Waals surface area contributed by atoms with Gasteiger partial charge < -0.3 is 18.8 Å². The summed E-state index contributed by atoms with van der Waals surface area (Å²) in [6.45, 7) is 9.40. The van der Waals surface area contributed by atoms with E-state index in [0.717, 1.165) is 36.9 Å². The molecule has 2 fully saturated rings. The van der Waals surface area contributed by atoms with Crippen LogP contribution in [0.15, 0.2) is 18.2 Å². The summed E-state index contributed by atoms with van der Waals surface area (Å²) in [5, 5.41) is 0.665. The minimum atomic E-state index is -0.399. The lowest BCUT2D eigenvalue weighted by Crippen LogP contribution is -2.41. The smallest absolute Gasteiger partial charge is 0.399 e. The maximum atomic E-state index is 6.44. The zero-order chi connectivity index (χ0) is 17.4. The molecule has 2 heterocycles. The van der Waals surface area contributed by atoms with Crippen molar-refractivity contribution in [2.24, 2.45) is 0 Å². The molecule has 0 aliphatic carbocycles. The molecule has 0 aromatic heterocycles. The fraction of sp³-hybridized carbons (Fsp3) is 0.667. The third kappa shape index (κ3) is 3.81. The zero-order valence-electron chi connectivity index (χ0n) is 14.9. The van der Waals surface area contributed by atoms with Crippen LogP contribution in [0.5, 0.6) is 0 Å². The van der Waals surface area contributed by atoms with E-state index in [1.807, 2.05) is 45.9 Å². The van der Waals surface area contributed by atoms with Crippen molar-refractivity contribution in [3.63, 3.8) is 0 Å². The third-order valence-corrected chi connectivity index (χ3v) is 5.52. The molecule has 1 atom stereocenters. The van der Waals surface area contributed by atoms with Crippen molar-refractivity contribution < 1.29 is 18.8 Å². The van der Waals surface area contributed by atoms with Crippen LogP contribution >= 0.6 is 11.6 Å². The fourth-order valence-electron chi connectivity index (χ4n) is 2.83. The molecule has 2 aliphatic heterocycles. The van der Waals surface area contributed by atoms with Crippen molar-refractivity contribution in [1.29, 1.82) is 0 Å². The molecule has 1 aromatic carbocycles. The van der Waals surface area contributed by atoms with Gasteiger partial charge in [-0.25, -0.2) is 0 Å². The Hall–Kier alpha value is -0.585. The SMILES string of the molecule is CC1(C)OB(c2ccc(COC3CCCCO3)c(Cl)c2)OC1(C)C. The largest absolute Gasteiger partial charge is 0.494 e. The monoisotopic (exact) mass is 352 g/mol. The van der Waals surface area contributed by atoms with Gasteiger partial charge in [-0.15, -0.1) is 0 Å². The van der Waals surface area contributed by atoms with E-state index in [4.69, 9.17) is 30.4 Å². The van der Waals surface area contributed by atoms with Gasteiger partial charge in [-0.3, -0.25) is 0 Å². The van der Waals surface area contributed by atoms with Crippen LogP contribution in [0.4, 0.5) is 0 Å². The molecule has 4 nitrogen and oxygen atoms in total. The van der Waals surface area contributed by atoms with Crippen molar-refractivity contribution in [3.05, 3.63) is 28.8 Å². The lowest BCUT2D eigenvalue weighted by atomic mass is 9.79. The van der Waals surface area contributed by atoms with Crippen molar-refractivity contribution >= 4 is 24.2 Å². The molecule has 2 saturated heterocycles. The summed E-state index contributed by atoms with van der Waals surface area (Å²) >= 11 is 6.44. The highest BCUT2D eigenvalue weighted by Crippen LogP contribution is 2.36. The van der Waals surface area contributed by atoms with Gasteiger partial charge in [0, 0.05) is 11.6 Å². The van der Waals surface area contributed by atoms with Crippen molar-refractivity contribution in [3.8, 4) is 0 Å².